The van der Waals surface area contributed by atoms with Gasteiger partial charge in [-0.15, -0.1) is 0 Å². The van der Waals surface area contributed by atoms with Crippen molar-refractivity contribution in [3.63, 3.8) is 0 Å². The van der Waals surface area contributed by atoms with Crippen molar-refractivity contribution >= 4 is 0 Å². The maximum Gasteiger partial charge on any atom is 0.151 e. The fourth-order valence-corrected chi connectivity index (χ4v) is 5.12. The Morgan fingerprint density at radius 1 is 1.11 bits per heavy atom. The van der Waals surface area contributed by atoms with Crippen LogP contribution < -0.4 is 0 Å². The molecule has 1 aromatic rings. The molecule has 0 aliphatic heterocycles. The lowest BCUT2D eigenvalue weighted by Gasteiger charge is -2.53. The number of aromatic nitrogens is 1. The van der Waals surface area contributed by atoms with Crippen LogP contribution in [-0.4, -0.2) is 5.16 Å². The summed E-state index contributed by atoms with van der Waals surface area (Å²) in [6.07, 6.45) is 6.88. The first-order valence-electron chi connectivity index (χ1n) is 7.12. The van der Waals surface area contributed by atoms with Crippen LogP contribution >= 0.6 is 0 Å². The molecule has 0 aromatic carbocycles. The zero-order valence-electron chi connectivity index (χ0n) is 10.7. The first-order chi connectivity index (χ1) is 8.76. The van der Waals surface area contributed by atoms with E-state index in [4.69, 9.17) is 4.52 Å². The lowest BCUT2D eigenvalue weighted by Crippen LogP contribution is -2.44. The van der Waals surface area contributed by atoms with E-state index in [2.05, 4.69) is 11.2 Å². The highest BCUT2D eigenvalue weighted by atomic mass is 16.5. The van der Waals surface area contributed by atoms with Gasteiger partial charge in [-0.1, -0.05) is 5.16 Å². The minimum Gasteiger partial charge on any atom is -0.360 e. The highest BCUT2D eigenvalue weighted by Crippen LogP contribution is 2.59. The van der Waals surface area contributed by atoms with E-state index in [0.717, 1.165) is 29.4 Å². The van der Waals surface area contributed by atoms with Gasteiger partial charge in [0.15, 0.2) is 5.76 Å². The second kappa shape index (κ2) is 3.60. The fourth-order valence-electron chi connectivity index (χ4n) is 5.12. The van der Waals surface area contributed by atoms with Crippen molar-refractivity contribution in [2.75, 3.05) is 0 Å². The van der Waals surface area contributed by atoms with Crippen LogP contribution in [0.3, 0.4) is 0 Å². The van der Waals surface area contributed by atoms with Crippen LogP contribution in [0.2, 0.25) is 0 Å². The molecule has 0 unspecified atom stereocenters. The predicted molar refractivity (Wildman–Crippen MR) is 65.7 cm³/mol. The normalized spacial score (nSPS) is 41.0. The van der Waals surface area contributed by atoms with Gasteiger partial charge in [0.25, 0.3) is 0 Å². The van der Waals surface area contributed by atoms with E-state index in [1.807, 2.05) is 6.92 Å². The van der Waals surface area contributed by atoms with Crippen molar-refractivity contribution in [2.24, 2.45) is 23.7 Å². The topological polar surface area (TPSA) is 49.8 Å². The lowest BCUT2D eigenvalue weighted by molar-refractivity contribution is -0.00513. The number of hydrogen-bond donors (Lipinski definition) is 0. The predicted octanol–water partition coefficient (Wildman–Crippen LogP) is 3.39. The van der Waals surface area contributed by atoms with Crippen LogP contribution in [0, 0.1) is 41.9 Å². The molecule has 0 amide bonds. The van der Waals surface area contributed by atoms with Crippen molar-refractivity contribution < 1.29 is 4.52 Å². The Morgan fingerprint density at radius 3 is 2.28 bits per heavy atom. The van der Waals surface area contributed by atoms with Gasteiger partial charge in [-0.05, 0) is 62.7 Å². The molecule has 0 saturated heterocycles. The van der Waals surface area contributed by atoms with Crippen LogP contribution in [0.4, 0.5) is 0 Å². The largest absolute Gasteiger partial charge is 0.360 e. The van der Waals surface area contributed by atoms with E-state index in [-0.39, 0.29) is 0 Å². The average Bonchev–Trinajstić information content (AvgIpc) is 2.69. The van der Waals surface area contributed by atoms with Crippen molar-refractivity contribution in [1.82, 2.24) is 5.16 Å². The van der Waals surface area contributed by atoms with Gasteiger partial charge in [-0.25, -0.2) is 0 Å². The summed E-state index contributed by atoms with van der Waals surface area (Å²) in [7, 11) is 0. The second-order valence-corrected chi connectivity index (χ2v) is 6.57. The highest BCUT2D eigenvalue weighted by Gasteiger charge is 2.50. The van der Waals surface area contributed by atoms with Gasteiger partial charge >= 0.3 is 0 Å². The SMILES string of the molecule is Cc1onc(C2C3CC4CC(C3)CC2C4)c1C#N. The Balaban J connectivity index is 1.75. The average molecular weight is 242 g/mol. The van der Waals surface area contributed by atoms with Gasteiger partial charge in [0, 0.05) is 5.92 Å². The molecule has 0 radical (unpaired) electrons. The lowest BCUT2D eigenvalue weighted by atomic mass is 9.51. The van der Waals surface area contributed by atoms with E-state index in [1.54, 1.807) is 0 Å². The highest BCUT2D eigenvalue weighted by molar-refractivity contribution is 5.38. The standard InChI is InChI=1S/C15H18N2O/c1-8-13(7-16)15(17-18-8)14-11-3-9-2-10(5-11)6-12(14)4-9/h9-12,14H,2-6H2,1H3. The molecule has 1 heterocycles. The molecule has 4 saturated carbocycles. The van der Waals surface area contributed by atoms with E-state index in [9.17, 15) is 5.26 Å². The molecule has 18 heavy (non-hydrogen) atoms. The monoisotopic (exact) mass is 242 g/mol. The summed E-state index contributed by atoms with van der Waals surface area (Å²) < 4.78 is 5.27. The smallest absolute Gasteiger partial charge is 0.151 e. The van der Waals surface area contributed by atoms with Crippen LogP contribution in [0.15, 0.2) is 4.52 Å². The van der Waals surface area contributed by atoms with E-state index in [1.165, 1.54) is 32.1 Å². The Morgan fingerprint density at radius 2 is 1.72 bits per heavy atom. The third kappa shape index (κ3) is 1.32. The van der Waals surface area contributed by atoms with Gasteiger partial charge in [0.1, 0.15) is 17.3 Å². The molecule has 94 valence electrons. The molecule has 3 nitrogen and oxygen atoms in total. The summed E-state index contributed by atoms with van der Waals surface area (Å²) in [4.78, 5) is 0. The molecule has 0 spiro atoms. The summed E-state index contributed by atoms with van der Waals surface area (Å²) in [5.74, 6) is 4.64. The van der Waals surface area contributed by atoms with Crippen LogP contribution in [0.5, 0.6) is 0 Å². The minimum atomic E-state index is 0.505. The zero-order valence-corrected chi connectivity index (χ0v) is 10.7. The number of aryl methyl sites for hydroxylation is 1. The van der Waals surface area contributed by atoms with Gasteiger partial charge in [-0.2, -0.15) is 5.26 Å². The molecule has 4 bridgehead atoms. The Bertz CT molecular complexity index is 497. The summed E-state index contributed by atoms with van der Waals surface area (Å²) in [6.45, 7) is 1.85. The van der Waals surface area contributed by atoms with Gasteiger partial charge in [0.2, 0.25) is 0 Å². The van der Waals surface area contributed by atoms with E-state index in [0.29, 0.717) is 17.2 Å². The molecule has 3 heteroatoms. The maximum atomic E-state index is 9.29. The third-order valence-electron chi connectivity index (χ3n) is 5.54. The van der Waals surface area contributed by atoms with Gasteiger partial charge < -0.3 is 4.52 Å². The van der Waals surface area contributed by atoms with Gasteiger partial charge in [0.05, 0.1) is 0 Å². The summed E-state index contributed by atoms with van der Waals surface area (Å²) in [5, 5.41) is 13.5. The minimum absolute atomic E-state index is 0.505. The van der Waals surface area contributed by atoms with Crippen LogP contribution in [0.1, 0.15) is 55.0 Å². The van der Waals surface area contributed by atoms with Crippen LogP contribution in [0.25, 0.3) is 0 Å². The van der Waals surface area contributed by atoms with E-state index < -0.39 is 0 Å². The zero-order chi connectivity index (χ0) is 12.3. The molecule has 0 atom stereocenters. The first kappa shape index (κ1) is 10.6. The van der Waals surface area contributed by atoms with Crippen molar-refractivity contribution in [2.45, 2.75) is 44.9 Å². The molecule has 4 aliphatic rings. The third-order valence-corrected chi connectivity index (χ3v) is 5.54. The molecule has 4 fully saturated rings. The van der Waals surface area contributed by atoms with Crippen molar-refractivity contribution in [3.8, 4) is 6.07 Å². The second-order valence-electron chi connectivity index (χ2n) is 6.57. The summed E-state index contributed by atoms with van der Waals surface area (Å²) in [6, 6.07) is 2.30. The number of nitrogens with zero attached hydrogens (tertiary/aromatic N) is 2. The quantitative estimate of drug-likeness (QED) is 0.758. The molecular formula is C15H18N2O. The molecule has 1 aromatic heterocycles. The maximum absolute atomic E-state index is 9.29. The van der Waals surface area contributed by atoms with E-state index >= 15 is 0 Å². The summed E-state index contributed by atoms with van der Waals surface area (Å²) in [5.41, 5.74) is 1.69. The Labute approximate surface area is 107 Å². The first-order valence-corrected chi connectivity index (χ1v) is 7.12. The van der Waals surface area contributed by atoms with Crippen molar-refractivity contribution in [1.29, 1.82) is 5.26 Å². The molecule has 0 N–H and O–H groups in total. The fraction of sp³-hybridized carbons (Fsp3) is 0.733. The number of nitriles is 1. The van der Waals surface area contributed by atoms with Crippen LogP contribution in [-0.2, 0) is 0 Å². The Kier molecular flexibility index (Phi) is 2.12. The summed E-state index contributed by atoms with van der Waals surface area (Å²) >= 11 is 0. The molecule has 4 aliphatic carbocycles. The Hall–Kier alpha value is -1.30. The van der Waals surface area contributed by atoms with Crippen molar-refractivity contribution in [3.05, 3.63) is 17.0 Å². The molecular weight excluding hydrogens is 224 g/mol. The number of rotatable bonds is 1. The molecule has 5 rings (SSSR count). The van der Waals surface area contributed by atoms with Gasteiger partial charge in [-0.3, -0.25) is 0 Å². The number of hydrogen-bond acceptors (Lipinski definition) is 3.